The maximum atomic E-state index is 11.7. The number of hydrogen-bond acceptors (Lipinski definition) is 6. The normalized spacial score (nSPS) is 14.0. The van der Waals surface area contributed by atoms with Crippen LogP contribution in [0.4, 0.5) is 5.82 Å². The van der Waals surface area contributed by atoms with Crippen molar-refractivity contribution in [3.05, 3.63) is 48.9 Å². The van der Waals surface area contributed by atoms with E-state index in [-0.39, 0.29) is 16.6 Å². The van der Waals surface area contributed by atoms with E-state index < -0.39 is 5.56 Å². The van der Waals surface area contributed by atoms with Crippen molar-refractivity contribution < 1.29 is 0 Å². The fourth-order valence-corrected chi connectivity index (χ4v) is 1.56. The maximum absolute atomic E-state index is 11.7. The molecule has 3 rings (SSSR count). The Hall–Kier alpha value is -2.50. The lowest BCUT2D eigenvalue weighted by molar-refractivity contribution is 1.07. The molecule has 0 spiro atoms. The molecule has 1 aromatic heterocycles. The summed E-state index contributed by atoms with van der Waals surface area (Å²) in [6.45, 7) is 0. The maximum Gasteiger partial charge on any atom is 0.279 e. The van der Waals surface area contributed by atoms with Crippen molar-refractivity contribution in [2.45, 2.75) is 0 Å². The van der Waals surface area contributed by atoms with Crippen molar-refractivity contribution in [3.8, 4) is 0 Å². The third kappa shape index (κ3) is 1.13. The molecule has 0 aromatic carbocycles. The van der Waals surface area contributed by atoms with Gasteiger partial charge in [-0.3, -0.25) is 9.59 Å². The van der Waals surface area contributed by atoms with Gasteiger partial charge >= 0.3 is 0 Å². The Morgan fingerprint density at radius 3 is 2.94 bits per heavy atom. The predicted octanol–water partition coefficient (Wildman–Crippen LogP) is -0.759. The van der Waals surface area contributed by atoms with Crippen molar-refractivity contribution >= 4 is 18.0 Å². The lowest BCUT2D eigenvalue weighted by Gasteiger charge is -1.85. The van der Waals surface area contributed by atoms with Crippen molar-refractivity contribution in [2.24, 2.45) is 15.4 Å². The zero-order chi connectivity index (χ0) is 11.1. The molecule has 1 aliphatic carbocycles. The highest BCUT2D eigenvalue weighted by molar-refractivity contribution is 5.65. The molecule has 76 valence electrons. The van der Waals surface area contributed by atoms with Gasteiger partial charge in [0, 0.05) is 5.22 Å². The van der Waals surface area contributed by atoms with E-state index in [0.717, 1.165) is 0 Å². The summed E-state index contributed by atoms with van der Waals surface area (Å²) in [6.07, 6.45) is 4.98. The summed E-state index contributed by atoms with van der Waals surface area (Å²) in [4.78, 5) is 27.1. The fraction of sp³-hybridized carbons (Fsp3) is 0. The molecule has 0 unspecified atom stereocenters. The van der Waals surface area contributed by atoms with Crippen LogP contribution in [0.25, 0.3) is 12.2 Å². The van der Waals surface area contributed by atoms with Crippen LogP contribution in [0.15, 0.2) is 37.2 Å². The predicted molar refractivity (Wildman–Crippen MR) is 55.6 cm³/mol. The molecule has 2 aliphatic rings. The highest BCUT2D eigenvalue weighted by Crippen LogP contribution is 2.01. The smallest absolute Gasteiger partial charge is 0.279 e. The van der Waals surface area contributed by atoms with Crippen molar-refractivity contribution in [1.82, 2.24) is 4.98 Å². The summed E-state index contributed by atoms with van der Waals surface area (Å²) in [7, 11) is 0. The molecule has 0 atom stereocenters. The first-order chi connectivity index (χ1) is 7.75. The van der Waals surface area contributed by atoms with Crippen LogP contribution in [0.3, 0.4) is 0 Å². The number of allylic oxidation sites excluding steroid dienone is 1. The molecule has 0 saturated carbocycles. The van der Waals surface area contributed by atoms with E-state index in [2.05, 4.69) is 20.4 Å². The number of hydrogen-bond donors (Lipinski definition) is 0. The molecular weight excluding hydrogens is 208 g/mol. The van der Waals surface area contributed by atoms with Crippen LogP contribution >= 0.6 is 0 Å². The van der Waals surface area contributed by atoms with Gasteiger partial charge in [-0.2, -0.15) is 4.98 Å². The minimum Gasteiger partial charge on any atom is -0.287 e. The average Bonchev–Trinajstić information content (AvgIpc) is 2.84. The minimum absolute atomic E-state index is 0.0141. The number of fused-ring (bicyclic) bond motifs is 2. The van der Waals surface area contributed by atoms with Gasteiger partial charge < -0.3 is 0 Å². The second kappa shape index (κ2) is 2.99. The summed E-state index contributed by atoms with van der Waals surface area (Å²) in [5, 5.41) is 10.8. The molecular formula is C10H4N4O2. The monoisotopic (exact) mass is 212 g/mol. The summed E-state index contributed by atoms with van der Waals surface area (Å²) < 4.78 is 0. The van der Waals surface area contributed by atoms with Crippen LogP contribution in [-0.4, -0.2) is 4.98 Å². The van der Waals surface area contributed by atoms with Gasteiger partial charge in [0.05, 0.1) is 0 Å². The first kappa shape index (κ1) is 8.78. The van der Waals surface area contributed by atoms with E-state index in [1.807, 2.05) is 0 Å². The van der Waals surface area contributed by atoms with Crippen LogP contribution in [0.1, 0.15) is 5.56 Å². The zero-order valence-corrected chi connectivity index (χ0v) is 7.91. The van der Waals surface area contributed by atoms with Gasteiger partial charge in [-0.15, -0.1) is 10.2 Å². The van der Waals surface area contributed by atoms with Crippen molar-refractivity contribution in [3.63, 3.8) is 0 Å². The van der Waals surface area contributed by atoms with Crippen LogP contribution < -0.4 is 21.6 Å². The topological polar surface area (TPSA) is 84.1 Å². The third-order valence-electron chi connectivity index (χ3n) is 2.30. The van der Waals surface area contributed by atoms with Gasteiger partial charge in [0.25, 0.3) is 5.56 Å². The Balaban J connectivity index is 2.63. The zero-order valence-electron chi connectivity index (χ0n) is 7.91. The molecule has 0 N–H and O–H groups in total. The van der Waals surface area contributed by atoms with E-state index in [1.54, 1.807) is 18.2 Å². The van der Waals surface area contributed by atoms with Gasteiger partial charge in [-0.1, -0.05) is 12.2 Å². The molecule has 0 saturated heterocycles. The highest BCUT2D eigenvalue weighted by Gasteiger charge is 2.08. The Morgan fingerprint density at radius 1 is 1.19 bits per heavy atom. The van der Waals surface area contributed by atoms with Gasteiger partial charge in [0.2, 0.25) is 11.2 Å². The standard InChI is InChI=1S/C10H4N4O2/c15-7-4-5-2-1-3-6(5)10(16)11-9-8(7)12-14-13-9/h1-4H. The second-order valence-electron chi connectivity index (χ2n) is 3.28. The molecule has 16 heavy (non-hydrogen) atoms. The lowest BCUT2D eigenvalue weighted by atomic mass is 10.2. The molecule has 0 radical (unpaired) electrons. The average molecular weight is 212 g/mol. The van der Waals surface area contributed by atoms with Crippen LogP contribution in [0.2, 0.25) is 0 Å². The number of rotatable bonds is 0. The summed E-state index contributed by atoms with van der Waals surface area (Å²) in [5.74, 6) is -0.0156. The largest absolute Gasteiger partial charge is 0.287 e. The summed E-state index contributed by atoms with van der Waals surface area (Å²) in [6, 6.07) is 1.34. The first-order valence-electron chi connectivity index (χ1n) is 4.52. The van der Waals surface area contributed by atoms with E-state index in [0.29, 0.717) is 10.8 Å². The van der Waals surface area contributed by atoms with E-state index in [9.17, 15) is 9.59 Å². The van der Waals surface area contributed by atoms with Crippen LogP contribution in [0.5, 0.6) is 0 Å². The lowest BCUT2D eigenvalue weighted by Crippen LogP contribution is -2.32. The van der Waals surface area contributed by atoms with Gasteiger partial charge in [-0.25, -0.2) is 0 Å². The molecule has 6 heteroatoms. The van der Waals surface area contributed by atoms with Crippen LogP contribution in [0, 0.1) is 0 Å². The molecule has 0 fully saturated rings. The highest BCUT2D eigenvalue weighted by atomic mass is 16.1. The molecule has 6 nitrogen and oxygen atoms in total. The number of nitrogens with zero attached hydrogens (tertiary/aromatic N) is 4. The van der Waals surface area contributed by atoms with Gasteiger partial charge in [0.15, 0.2) is 5.36 Å². The minimum atomic E-state index is -0.438. The van der Waals surface area contributed by atoms with E-state index in [4.69, 9.17) is 0 Å². The van der Waals surface area contributed by atoms with Gasteiger partial charge in [0.1, 0.15) is 0 Å². The molecule has 1 aromatic rings. The second-order valence-corrected chi connectivity index (χ2v) is 3.28. The Bertz CT molecular complexity index is 724. The molecule has 0 bridgehead atoms. The van der Waals surface area contributed by atoms with Crippen molar-refractivity contribution in [1.29, 1.82) is 0 Å². The summed E-state index contributed by atoms with van der Waals surface area (Å²) >= 11 is 0. The SMILES string of the molecule is O=c1cc2c(c(=O)nc3c1=NN=N3)=CC=C2. The van der Waals surface area contributed by atoms with E-state index >= 15 is 0 Å². The third-order valence-corrected chi connectivity index (χ3v) is 2.30. The van der Waals surface area contributed by atoms with Crippen LogP contribution in [-0.2, 0) is 0 Å². The first-order valence-corrected chi connectivity index (χ1v) is 4.52. The Morgan fingerprint density at radius 2 is 2.06 bits per heavy atom. The number of aromatic nitrogens is 1. The Labute approximate surface area is 88.0 Å². The Kier molecular flexibility index (Phi) is 1.64. The summed E-state index contributed by atoms with van der Waals surface area (Å²) in [5.41, 5.74) is -0.233. The van der Waals surface area contributed by atoms with Gasteiger partial charge in [-0.05, 0) is 22.9 Å². The quantitative estimate of drug-likeness (QED) is 0.566. The fourth-order valence-electron chi connectivity index (χ4n) is 1.56. The molecule has 2 heterocycles. The van der Waals surface area contributed by atoms with Crippen molar-refractivity contribution in [2.75, 3.05) is 0 Å². The molecule has 0 amide bonds. The van der Waals surface area contributed by atoms with E-state index in [1.165, 1.54) is 6.07 Å². The molecule has 1 aliphatic heterocycles.